The van der Waals surface area contributed by atoms with Crippen LogP contribution in [0.15, 0.2) is 0 Å². The molecule has 1 amide bonds. The molecule has 88 valence electrons. The molecule has 15 heavy (non-hydrogen) atoms. The van der Waals surface area contributed by atoms with Crippen molar-refractivity contribution in [2.75, 3.05) is 6.54 Å². The first-order chi connectivity index (χ1) is 6.82. The number of carboxylic acids is 1. The van der Waals surface area contributed by atoms with Gasteiger partial charge in [0.1, 0.15) is 0 Å². The molecule has 0 saturated carbocycles. The fraction of sp³-hybridized carbons (Fsp3) is 0.750. The summed E-state index contributed by atoms with van der Waals surface area (Å²) in [6.45, 7) is 5.24. The Morgan fingerprint density at radius 2 is 1.80 bits per heavy atom. The molecule has 0 aliphatic heterocycles. The third kappa shape index (κ3) is 3.85. The monoisotopic (exact) mass is 256 g/mol. The van der Waals surface area contributed by atoms with E-state index >= 15 is 0 Å². The van der Waals surface area contributed by atoms with E-state index in [0.29, 0.717) is 3.94 Å². The highest BCUT2D eigenvalue weighted by Gasteiger charge is 2.33. The first kappa shape index (κ1) is 14.5. The third-order valence-electron chi connectivity index (χ3n) is 1.82. The number of aliphatic carboxylic acids is 1. The van der Waals surface area contributed by atoms with Crippen molar-refractivity contribution in [1.82, 2.24) is 8.84 Å². The molecule has 0 aromatic carbocycles. The SMILES string of the molecule is CCN(C(=O)C(C)C)C(C(=O)O)N(Cl)Cl. The molecule has 0 aromatic rings. The van der Waals surface area contributed by atoms with E-state index in [1.807, 2.05) is 0 Å². The summed E-state index contributed by atoms with van der Waals surface area (Å²) in [5.41, 5.74) is 0. The topological polar surface area (TPSA) is 60.9 Å². The van der Waals surface area contributed by atoms with Crippen LogP contribution in [0.2, 0.25) is 0 Å². The number of halogens is 2. The normalized spacial score (nSPS) is 13.0. The highest BCUT2D eigenvalue weighted by molar-refractivity contribution is 6.35. The molecule has 0 aliphatic rings. The van der Waals surface area contributed by atoms with Crippen molar-refractivity contribution < 1.29 is 14.7 Å². The summed E-state index contributed by atoms with van der Waals surface area (Å²) in [5.74, 6) is -1.88. The van der Waals surface area contributed by atoms with Gasteiger partial charge in [-0.05, 0) is 30.5 Å². The van der Waals surface area contributed by atoms with Crippen molar-refractivity contribution in [2.24, 2.45) is 5.92 Å². The second-order valence-electron chi connectivity index (χ2n) is 3.25. The van der Waals surface area contributed by atoms with Gasteiger partial charge in [-0.25, -0.2) is 4.79 Å². The average Bonchev–Trinajstić information content (AvgIpc) is 2.10. The van der Waals surface area contributed by atoms with E-state index in [1.165, 1.54) is 0 Å². The maximum absolute atomic E-state index is 11.6. The van der Waals surface area contributed by atoms with Crippen molar-refractivity contribution in [3.63, 3.8) is 0 Å². The van der Waals surface area contributed by atoms with Crippen molar-refractivity contribution in [3.05, 3.63) is 0 Å². The van der Waals surface area contributed by atoms with Crippen LogP contribution >= 0.6 is 23.6 Å². The molecule has 1 N–H and O–H groups in total. The van der Waals surface area contributed by atoms with E-state index in [2.05, 4.69) is 0 Å². The number of nitrogens with zero attached hydrogens (tertiary/aromatic N) is 2. The molecule has 0 spiro atoms. The summed E-state index contributed by atoms with van der Waals surface area (Å²) >= 11 is 10.8. The lowest BCUT2D eigenvalue weighted by Gasteiger charge is -2.30. The van der Waals surface area contributed by atoms with Gasteiger partial charge in [-0.2, -0.15) is 0 Å². The Morgan fingerprint density at radius 3 is 2.00 bits per heavy atom. The molecule has 0 fully saturated rings. The molecule has 0 rings (SSSR count). The van der Waals surface area contributed by atoms with Gasteiger partial charge in [0.2, 0.25) is 12.1 Å². The number of carbonyl (C=O) groups excluding carboxylic acids is 1. The standard InChI is InChI=1S/C8H14Cl2N2O3/c1-4-11(7(13)5(2)3)6(8(14)15)12(9)10/h5-6H,4H2,1-3H3,(H,14,15). The van der Waals surface area contributed by atoms with Crippen molar-refractivity contribution in [3.8, 4) is 0 Å². The molecule has 0 aromatic heterocycles. The smallest absolute Gasteiger partial charge is 0.344 e. The summed E-state index contributed by atoms with van der Waals surface area (Å²) in [6.07, 6.45) is -1.35. The highest BCUT2D eigenvalue weighted by atomic mass is 35.5. The second-order valence-corrected chi connectivity index (χ2v) is 4.15. The molecule has 0 bridgehead atoms. The van der Waals surface area contributed by atoms with Crippen molar-refractivity contribution in [2.45, 2.75) is 26.9 Å². The first-order valence-corrected chi connectivity index (χ1v) is 5.14. The molecule has 1 unspecified atom stereocenters. The number of carbonyl (C=O) groups is 2. The summed E-state index contributed by atoms with van der Waals surface area (Å²) in [7, 11) is 0. The van der Waals surface area contributed by atoms with Crippen LogP contribution in [0.4, 0.5) is 0 Å². The molecule has 0 saturated heterocycles. The van der Waals surface area contributed by atoms with E-state index < -0.39 is 12.1 Å². The van der Waals surface area contributed by atoms with Gasteiger partial charge >= 0.3 is 5.97 Å². The molecule has 0 heterocycles. The van der Waals surface area contributed by atoms with Gasteiger partial charge in [0.05, 0.1) is 0 Å². The van der Waals surface area contributed by atoms with Crippen LogP contribution in [0, 0.1) is 5.92 Å². The van der Waals surface area contributed by atoms with Crippen LogP contribution in [-0.2, 0) is 9.59 Å². The molecule has 7 heteroatoms. The minimum atomic E-state index is -1.35. The van der Waals surface area contributed by atoms with Gasteiger partial charge < -0.3 is 10.0 Å². The van der Waals surface area contributed by atoms with Gasteiger partial charge in [0, 0.05) is 12.5 Å². The van der Waals surface area contributed by atoms with Crippen LogP contribution < -0.4 is 0 Å². The van der Waals surface area contributed by atoms with Crippen LogP contribution in [0.3, 0.4) is 0 Å². The Hall–Kier alpha value is -0.520. The average molecular weight is 257 g/mol. The number of amides is 1. The highest BCUT2D eigenvalue weighted by Crippen LogP contribution is 2.15. The number of rotatable bonds is 5. The predicted octanol–water partition coefficient (Wildman–Crippen LogP) is 1.51. The quantitative estimate of drug-likeness (QED) is 0.599. The molecule has 0 radical (unpaired) electrons. The summed E-state index contributed by atoms with van der Waals surface area (Å²) < 4.78 is 0.464. The number of carboxylic acid groups (broad SMARTS) is 1. The molecule has 0 aliphatic carbocycles. The largest absolute Gasteiger partial charge is 0.479 e. The number of hydrogen-bond donors (Lipinski definition) is 1. The summed E-state index contributed by atoms with van der Waals surface area (Å²) in [4.78, 5) is 23.6. The Bertz CT molecular complexity index is 246. The van der Waals surface area contributed by atoms with Gasteiger partial charge in [-0.1, -0.05) is 17.8 Å². The maximum atomic E-state index is 11.6. The lowest BCUT2D eigenvalue weighted by atomic mass is 10.2. The van der Waals surface area contributed by atoms with E-state index in [-0.39, 0.29) is 18.4 Å². The lowest BCUT2D eigenvalue weighted by Crippen LogP contribution is -2.51. The van der Waals surface area contributed by atoms with E-state index in [1.54, 1.807) is 20.8 Å². The Kier molecular flexibility index (Phi) is 5.93. The van der Waals surface area contributed by atoms with Crippen LogP contribution in [0.5, 0.6) is 0 Å². The van der Waals surface area contributed by atoms with E-state index in [4.69, 9.17) is 28.7 Å². The van der Waals surface area contributed by atoms with Crippen LogP contribution in [0.1, 0.15) is 20.8 Å². The zero-order valence-corrected chi connectivity index (χ0v) is 10.3. The van der Waals surface area contributed by atoms with Gasteiger partial charge in [0.25, 0.3) is 0 Å². The van der Waals surface area contributed by atoms with Crippen molar-refractivity contribution in [1.29, 1.82) is 0 Å². The minimum absolute atomic E-state index is 0.226. The number of hydrogen-bond acceptors (Lipinski definition) is 3. The fourth-order valence-corrected chi connectivity index (χ4v) is 1.48. The van der Waals surface area contributed by atoms with Crippen LogP contribution in [0.25, 0.3) is 0 Å². The zero-order valence-electron chi connectivity index (χ0n) is 8.78. The van der Waals surface area contributed by atoms with Crippen molar-refractivity contribution >= 4 is 35.4 Å². The predicted molar refractivity (Wildman–Crippen MR) is 57.2 cm³/mol. The van der Waals surface area contributed by atoms with Crippen LogP contribution in [-0.4, -0.2) is 38.5 Å². The maximum Gasteiger partial charge on any atom is 0.344 e. The fourth-order valence-electron chi connectivity index (χ4n) is 1.10. The molecule has 1 atom stereocenters. The first-order valence-electron chi connectivity index (χ1n) is 4.47. The lowest BCUT2D eigenvalue weighted by molar-refractivity contribution is -0.154. The van der Waals surface area contributed by atoms with Gasteiger partial charge in [-0.3, -0.25) is 4.79 Å². The zero-order chi connectivity index (χ0) is 12.2. The summed E-state index contributed by atoms with van der Waals surface area (Å²) in [5, 5.41) is 8.87. The second kappa shape index (κ2) is 6.15. The number of likely N-dealkylation sites (N-methyl/N-ethyl adjacent to an activating group) is 1. The van der Waals surface area contributed by atoms with Gasteiger partial charge in [-0.15, -0.1) is 0 Å². The van der Waals surface area contributed by atoms with Gasteiger partial charge in [0.15, 0.2) is 0 Å². The molecule has 5 nitrogen and oxygen atoms in total. The minimum Gasteiger partial charge on any atom is -0.479 e. The van der Waals surface area contributed by atoms with E-state index in [0.717, 1.165) is 4.90 Å². The third-order valence-corrected chi connectivity index (χ3v) is 2.19. The molecular formula is C8H14Cl2N2O3. The Morgan fingerprint density at radius 1 is 1.33 bits per heavy atom. The summed E-state index contributed by atoms with van der Waals surface area (Å²) in [6, 6.07) is 0. The Labute approximate surface area is 98.8 Å². The Balaban J connectivity index is 4.90. The molecular weight excluding hydrogens is 243 g/mol. The van der Waals surface area contributed by atoms with E-state index in [9.17, 15) is 9.59 Å².